The highest BCUT2D eigenvalue weighted by Gasteiger charge is 2.39. The number of hydrogen-bond acceptors (Lipinski definition) is 7. The second kappa shape index (κ2) is 6.74. The van der Waals surface area contributed by atoms with E-state index in [1.54, 1.807) is 4.90 Å². The molecule has 1 saturated heterocycles. The third kappa shape index (κ3) is 3.07. The van der Waals surface area contributed by atoms with Crippen LogP contribution in [0.5, 0.6) is 11.9 Å². The molecular formula is C16H19N3O4S. The van der Waals surface area contributed by atoms with Crippen LogP contribution in [0.2, 0.25) is 0 Å². The fraction of sp³-hybridized carbons (Fsp3) is 0.438. The van der Waals surface area contributed by atoms with Crippen molar-refractivity contribution in [3.05, 3.63) is 34.2 Å². The van der Waals surface area contributed by atoms with Crippen molar-refractivity contribution in [3.8, 4) is 11.9 Å². The summed E-state index contributed by atoms with van der Waals surface area (Å²) in [6.45, 7) is 0.921. The highest BCUT2D eigenvalue weighted by molar-refractivity contribution is 7.12. The first-order chi connectivity index (χ1) is 11.6. The Kier molecular flexibility index (Phi) is 4.68. The van der Waals surface area contributed by atoms with Gasteiger partial charge < -0.3 is 19.5 Å². The number of rotatable bonds is 4. The number of hydrogen-bond donors (Lipinski definition) is 1. The second-order valence-electron chi connectivity index (χ2n) is 5.58. The van der Waals surface area contributed by atoms with Crippen LogP contribution >= 0.6 is 11.3 Å². The lowest BCUT2D eigenvalue weighted by atomic mass is 9.85. The van der Waals surface area contributed by atoms with Gasteiger partial charge in [0, 0.05) is 19.3 Å². The highest BCUT2D eigenvalue weighted by atomic mass is 32.1. The summed E-state index contributed by atoms with van der Waals surface area (Å²) in [4.78, 5) is 23.1. The molecule has 0 radical (unpaired) electrons. The molecule has 128 valence electrons. The van der Waals surface area contributed by atoms with Gasteiger partial charge in [-0.3, -0.25) is 4.79 Å². The summed E-state index contributed by atoms with van der Waals surface area (Å²) < 4.78 is 10.3. The molecular weight excluding hydrogens is 330 g/mol. The van der Waals surface area contributed by atoms with Crippen molar-refractivity contribution in [1.29, 1.82) is 0 Å². The first-order valence-electron chi connectivity index (χ1n) is 7.58. The number of ether oxygens (including phenoxy) is 2. The summed E-state index contributed by atoms with van der Waals surface area (Å²) in [6.07, 6.45) is 2.33. The summed E-state index contributed by atoms with van der Waals surface area (Å²) in [7, 11) is 2.96. The van der Waals surface area contributed by atoms with Crippen LogP contribution in [0.25, 0.3) is 0 Å². The summed E-state index contributed by atoms with van der Waals surface area (Å²) >= 11 is 1.42. The lowest BCUT2D eigenvalue weighted by molar-refractivity contribution is -0.0232. The normalized spacial score (nSPS) is 16.7. The molecule has 1 aliphatic rings. The topological polar surface area (TPSA) is 84.8 Å². The van der Waals surface area contributed by atoms with Crippen molar-refractivity contribution in [1.82, 2.24) is 14.9 Å². The van der Waals surface area contributed by atoms with Crippen molar-refractivity contribution in [2.75, 3.05) is 27.3 Å². The zero-order valence-corrected chi connectivity index (χ0v) is 14.4. The number of methoxy groups -OCH3 is 2. The zero-order chi connectivity index (χ0) is 17.2. The van der Waals surface area contributed by atoms with Crippen LogP contribution < -0.4 is 9.47 Å². The molecule has 24 heavy (non-hydrogen) atoms. The van der Waals surface area contributed by atoms with Crippen molar-refractivity contribution in [3.63, 3.8) is 0 Å². The van der Waals surface area contributed by atoms with Gasteiger partial charge in [-0.15, -0.1) is 11.3 Å². The smallest absolute Gasteiger partial charge is 0.319 e. The van der Waals surface area contributed by atoms with E-state index in [4.69, 9.17) is 9.47 Å². The van der Waals surface area contributed by atoms with Crippen molar-refractivity contribution >= 4 is 17.2 Å². The third-order valence-corrected chi connectivity index (χ3v) is 5.08. The summed E-state index contributed by atoms with van der Waals surface area (Å²) in [6, 6.07) is 3.86. The molecule has 1 aliphatic heterocycles. The Morgan fingerprint density at radius 3 is 2.67 bits per heavy atom. The van der Waals surface area contributed by atoms with Crippen LogP contribution in [0.3, 0.4) is 0 Å². The standard InChI is InChI=1S/C16H19N3O4S/c1-22-13-11(10-17-15(18-13)23-2)16(21)5-7-19(8-6-16)14(20)12-4-3-9-24-12/h3-4,9-10,21H,5-8H2,1-2H3. The predicted molar refractivity (Wildman–Crippen MR) is 88.5 cm³/mol. The third-order valence-electron chi connectivity index (χ3n) is 4.22. The quantitative estimate of drug-likeness (QED) is 0.904. The van der Waals surface area contributed by atoms with E-state index >= 15 is 0 Å². The number of piperidine rings is 1. The Balaban J connectivity index is 1.76. The SMILES string of the molecule is COc1ncc(C2(O)CCN(C(=O)c3cccs3)CC2)c(OC)n1. The Morgan fingerprint density at radius 2 is 2.08 bits per heavy atom. The minimum Gasteiger partial charge on any atom is -0.481 e. The molecule has 1 N–H and O–H groups in total. The number of thiophene rings is 1. The zero-order valence-electron chi connectivity index (χ0n) is 13.6. The maximum atomic E-state index is 12.4. The van der Waals surface area contributed by atoms with E-state index < -0.39 is 5.60 Å². The van der Waals surface area contributed by atoms with E-state index in [0.717, 1.165) is 0 Å². The largest absolute Gasteiger partial charge is 0.481 e. The molecule has 3 rings (SSSR count). The first-order valence-corrected chi connectivity index (χ1v) is 8.46. The Morgan fingerprint density at radius 1 is 1.33 bits per heavy atom. The van der Waals surface area contributed by atoms with Gasteiger partial charge in [-0.2, -0.15) is 4.98 Å². The Bertz CT molecular complexity index is 712. The average molecular weight is 349 g/mol. The molecule has 0 aliphatic carbocycles. The van der Waals surface area contributed by atoms with Crippen LogP contribution in [0.1, 0.15) is 28.1 Å². The Hall–Kier alpha value is -2.19. The molecule has 8 heteroatoms. The molecule has 2 aromatic rings. The molecule has 3 heterocycles. The number of carbonyl (C=O) groups excluding carboxylic acids is 1. The molecule has 2 aromatic heterocycles. The molecule has 0 aromatic carbocycles. The molecule has 0 spiro atoms. The maximum absolute atomic E-state index is 12.4. The predicted octanol–water partition coefficient (Wildman–Crippen LogP) is 1.68. The number of nitrogens with zero attached hydrogens (tertiary/aromatic N) is 3. The Labute approximate surface area is 143 Å². The minimum absolute atomic E-state index is 0.00463. The van der Waals surface area contributed by atoms with Crippen LogP contribution in [-0.2, 0) is 5.60 Å². The van der Waals surface area contributed by atoms with E-state index in [0.29, 0.717) is 42.3 Å². The van der Waals surface area contributed by atoms with Crippen molar-refractivity contribution in [2.45, 2.75) is 18.4 Å². The lowest BCUT2D eigenvalue weighted by Gasteiger charge is -2.38. The van der Waals surface area contributed by atoms with Crippen LogP contribution in [0, 0.1) is 0 Å². The first kappa shape index (κ1) is 16.7. The lowest BCUT2D eigenvalue weighted by Crippen LogP contribution is -2.45. The van der Waals surface area contributed by atoms with E-state index in [9.17, 15) is 9.90 Å². The van der Waals surface area contributed by atoms with Crippen molar-refractivity contribution in [2.24, 2.45) is 0 Å². The van der Waals surface area contributed by atoms with Crippen LogP contribution in [0.4, 0.5) is 0 Å². The van der Waals surface area contributed by atoms with E-state index in [1.165, 1.54) is 31.8 Å². The number of likely N-dealkylation sites (tertiary alicyclic amines) is 1. The molecule has 0 unspecified atom stereocenters. The maximum Gasteiger partial charge on any atom is 0.319 e. The molecule has 7 nitrogen and oxygen atoms in total. The number of aromatic nitrogens is 2. The fourth-order valence-corrected chi connectivity index (χ4v) is 3.52. The van der Waals surface area contributed by atoms with Gasteiger partial charge >= 0.3 is 6.01 Å². The average Bonchev–Trinajstić information content (AvgIpc) is 3.15. The molecule has 0 bridgehead atoms. The molecule has 0 saturated carbocycles. The minimum atomic E-state index is -1.12. The summed E-state index contributed by atoms with van der Waals surface area (Å²) in [5.41, 5.74) is -0.599. The van der Waals surface area contributed by atoms with Gasteiger partial charge in [-0.05, 0) is 24.3 Å². The van der Waals surface area contributed by atoms with Gasteiger partial charge in [0.25, 0.3) is 5.91 Å². The second-order valence-corrected chi connectivity index (χ2v) is 6.53. The van der Waals surface area contributed by atoms with Gasteiger partial charge in [0.2, 0.25) is 5.88 Å². The van der Waals surface area contributed by atoms with Gasteiger partial charge in [-0.25, -0.2) is 4.98 Å². The van der Waals surface area contributed by atoms with E-state index in [1.807, 2.05) is 17.5 Å². The van der Waals surface area contributed by atoms with E-state index in [-0.39, 0.29) is 11.9 Å². The van der Waals surface area contributed by atoms with Gasteiger partial charge in [-0.1, -0.05) is 6.07 Å². The highest BCUT2D eigenvalue weighted by Crippen LogP contribution is 2.37. The number of carbonyl (C=O) groups is 1. The summed E-state index contributed by atoms with van der Waals surface area (Å²) in [5.74, 6) is 0.298. The monoisotopic (exact) mass is 349 g/mol. The van der Waals surface area contributed by atoms with Gasteiger partial charge in [0.05, 0.1) is 30.3 Å². The fourth-order valence-electron chi connectivity index (χ4n) is 2.83. The number of aliphatic hydroxyl groups is 1. The summed E-state index contributed by atoms with van der Waals surface area (Å²) in [5, 5.41) is 12.9. The van der Waals surface area contributed by atoms with Crippen molar-refractivity contribution < 1.29 is 19.4 Å². The molecule has 0 atom stereocenters. The molecule has 1 amide bonds. The van der Waals surface area contributed by atoms with Crippen LogP contribution in [-0.4, -0.2) is 53.2 Å². The van der Waals surface area contributed by atoms with E-state index in [2.05, 4.69) is 9.97 Å². The van der Waals surface area contributed by atoms with Gasteiger partial charge in [0.15, 0.2) is 0 Å². The van der Waals surface area contributed by atoms with Crippen LogP contribution in [0.15, 0.2) is 23.7 Å². The molecule has 1 fully saturated rings. The van der Waals surface area contributed by atoms with Gasteiger partial charge in [0.1, 0.15) is 0 Å². The number of amides is 1.